The monoisotopic (exact) mass is 338 g/mol. The van der Waals surface area contributed by atoms with Gasteiger partial charge in [-0.2, -0.15) is 0 Å². The zero-order valence-electron chi connectivity index (χ0n) is 15.1. The molecule has 0 aliphatic rings. The summed E-state index contributed by atoms with van der Waals surface area (Å²) in [5.41, 5.74) is 2.21. The van der Waals surface area contributed by atoms with Crippen LogP contribution >= 0.6 is 0 Å². The second-order valence-electron chi connectivity index (χ2n) is 6.01. The van der Waals surface area contributed by atoms with Gasteiger partial charge in [0.1, 0.15) is 0 Å². The molecule has 0 radical (unpaired) electrons. The topological polar surface area (TPSA) is 50.6 Å². The summed E-state index contributed by atoms with van der Waals surface area (Å²) in [6.07, 6.45) is 9.92. The van der Waals surface area contributed by atoms with Crippen LogP contribution in [0, 0.1) is 0 Å². The van der Waals surface area contributed by atoms with E-state index < -0.39 is 0 Å². The SMILES string of the molecule is BOC=NCCCCCCN(Cc1ccccn1)Cc1ccccn1. The fourth-order valence-corrected chi connectivity index (χ4v) is 2.67. The largest absolute Gasteiger partial charge is 0.560 e. The van der Waals surface area contributed by atoms with Crippen LogP contribution in [0.3, 0.4) is 0 Å². The molecule has 0 aliphatic carbocycles. The van der Waals surface area contributed by atoms with E-state index in [2.05, 4.69) is 32.0 Å². The Morgan fingerprint density at radius 3 is 2.12 bits per heavy atom. The fourth-order valence-electron chi connectivity index (χ4n) is 2.67. The van der Waals surface area contributed by atoms with Crippen LogP contribution in [0.4, 0.5) is 0 Å². The van der Waals surface area contributed by atoms with Gasteiger partial charge in [0, 0.05) is 32.0 Å². The molecule has 0 N–H and O–H groups in total. The van der Waals surface area contributed by atoms with Gasteiger partial charge in [0.05, 0.1) is 11.4 Å². The van der Waals surface area contributed by atoms with Crippen LogP contribution in [-0.2, 0) is 17.7 Å². The van der Waals surface area contributed by atoms with Crippen molar-refractivity contribution in [3.8, 4) is 0 Å². The molecular weight excluding hydrogens is 311 g/mol. The van der Waals surface area contributed by atoms with Crippen molar-refractivity contribution in [2.45, 2.75) is 38.8 Å². The van der Waals surface area contributed by atoms with Gasteiger partial charge >= 0.3 is 8.05 Å². The van der Waals surface area contributed by atoms with E-state index >= 15 is 0 Å². The minimum atomic E-state index is 0.847. The molecule has 132 valence electrons. The highest BCUT2D eigenvalue weighted by Crippen LogP contribution is 2.09. The van der Waals surface area contributed by atoms with Gasteiger partial charge < -0.3 is 4.65 Å². The normalized spacial score (nSPS) is 11.2. The van der Waals surface area contributed by atoms with Gasteiger partial charge in [-0.1, -0.05) is 25.0 Å². The average Bonchev–Trinajstić information content (AvgIpc) is 2.65. The number of aromatic nitrogens is 2. The molecule has 0 atom stereocenters. The van der Waals surface area contributed by atoms with Crippen LogP contribution in [0.25, 0.3) is 0 Å². The Bertz CT molecular complexity index is 553. The molecule has 0 amide bonds. The third-order valence-corrected chi connectivity index (χ3v) is 3.92. The smallest absolute Gasteiger partial charge is 0.323 e. The van der Waals surface area contributed by atoms with Gasteiger partial charge in [0.15, 0.2) is 6.40 Å². The second kappa shape index (κ2) is 12.2. The number of nitrogens with zero attached hydrogens (tertiary/aromatic N) is 4. The predicted octanol–water partition coefficient (Wildman–Crippen LogP) is 2.63. The van der Waals surface area contributed by atoms with Crippen LogP contribution in [0.2, 0.25) is 0 Å². The molecule has 2 aromatic rings. The molecule has 5 nitrogen and oxygen atoms in total. The van der Waals surface area contributed by atoms with E-state index in [1.54, 1.807) is 8.05 Å². The summed E-state index contributed by atoms with van der Waals surface area (Å²) in [5.74, 6) is 0. The summed E-state index contributed by atoms with van der Waals surface area (Å²) < 4.78 is 4.80. The van der Waals surface area contributed by atoms with Gasteiger partial charge in [0.25, 0.3) is 0 Å². The highest BCUT2D eigenvalue weighted by atomic mass is 16.4. The number of rotatable bonds is 12. The zero-order valence-corrected chi connectivity index (χ0v) is 15.1. The van der Waals surface area contributed by atoms with Crippen molar-refractivity contribution >= 4 is 14.4 Å². The summed E-state index contributed by atoms with van der Waals surface area (Å²) in [7, 11) is 1.63. The predicted molar refractivity (Wildman–Crippen MR) is 104 cm³/mol. The highest BCUT2D eigenvalue weighted by Gasteiger charge is 2.08. The van der Waals surface area contributed by atoms with Crippen molar-refractivity contribution in [1.29, 1.82) is 0 Å². The van der Waals surface area contributed by atoms with Crippen LogP contribution < -0.4 is 0 Å². The van der Waals surface area contributed by atoms with Gasteiger partial charge in [-0.05, 0) is 43.7 Å². The maximum atomic E-state index is 4.80. The first kappa shape index (κ1) is 19.1. The number of pyridine rings is 2. The van der Waals surface area contributed by atoms with Crippen molar-refractivity contribution in [1.82, 2.24) is 14.9 Å². The quantitative estimate of drug-likeness (QED) is 0.258. The summed E-state index contributed by atoms with van der Waals surface area (Å²) in [6.45, 7) is 3.61. The standard InChI is InChI=1S/C19H27BN4O/c20-25-17-21-11-5-1-2-8-14-24(15-18-9-3-6-12-22-18)16-19-10-4-7-13-23-19/h3-4,6-7,9-10,12-13,17H,1-2,5,8,11,14-16,20H2. The first-order valence-electron chi connectivity index (χ1n) is 8.92. The Hall–Kier alpha value is -2.21. The average molecular weight is 338 g/mol. The van der Waals surface area contributed by atoms with E-state index in [9.17, 15) is 0 Å². The lowest BCUT2D eigenvalue weighted by Crippen LogP contribution is -2.25. The lowest BCUT2D eigenvalue weighted by Gasteiger charge is -2.21. The van der Waals surface area contributed by atoms with E-state index in [4.69, 9.17) is 4.65 Å². The van der Waals surface area contributed by atoms with Crippen LogP contribution in [0.1, 0.15) is 37.1 Å². The minimum Gasteiger partial charge on any atom is -0.560 e. The second-order valence-corrected chi connectivity index (χ2v) is 6.01. The molecule has 0 saturated heterocycles. The Morgan fingerprint density at radius 2 is 1.56 bits per heavy atom. The highest BCUT2D eigenvalue weighted by molar-refractivity contribution is 6.02. The van der Waals surface area contributed by atoms with Gasteiger partial charge in [-0.25, -0.2) is 0 Å². The van der Waals surface area contributed by atoms with E-state index in [0.717, 1.165) is 44.0 Å². The van der Waals surface area contributed by atoms with Crippen molar-refractivity contribution in [2.24, 2.45) is 4.99 Å². The van der Waals surface area contributed by atoms with Crippen molar-refractivity contribution in [3.05, 3.63) is 60.2 Å². The fraction of sp³-hybridized carbons (Fsp3) is 0.421. The number of hydrogen-bond acceptors (Lipinski definition) is 5. The third kappa shape index (κ3) is 8.45. The van der Waals surface area contributed by atoms with Gasteiger partial charge in [-0.15, -0.1) is 0 Å². The molecule has 0 aliphatic heterocycles. The van der Waals surface area contributed by atoms with Crippen LogP contribution in [-0.4, -0.2) is 42.4 Å². The number of unbranched alkanes of at least 4 members (excludes halogenated alkanes) is 3. The lowest BCUT2D eigenvalue weighted by atomic mass is 10.2. The maximum absolute atomic E-state index is 4.80. The molecule has 2 aromatic heterocycles. The van der Waals surface area contributed by atoms with Crippen molar-refractivity contribution < 1.29 is 4.65 Å². The summed E-state index contributed by atoms with van der Waals surface area (Å²) >= 11 is 0. The Labute approximate surface area is 151 Å². The van der Waals surface area contributed by atoms with E-state index in [1.807, 2.05) is 36.7 Å². The minimum absolute atomic E-state index is 0.847. The molecule has 0 spiro atoms. The van der Waals surface area contributed by atoms with Crippen molar-refractivity contribution in [3.63, 3.8) is 0 Å². The molecule has 25 heavy (non-hydrogen) atoms. The lowest BCUT2D eigenvalue weighted by molar-refractivity contribution is 0.244. The first-order chi connectivity index (χ1) is 12.4. The molecule has 0 bridgehead atoms. The van der Waals surface area contributed by atoms with Crippen molar-refractivity contribution in [2.75, 3.05) is 13.1 Å². The number of aliphatic imine (C=N–C) groups is 1. The Kier molecular flexibility index (Phi) is 9.33. The molecule has 0 fully saturated rings. The van der Waals surface area contributed by atoms with Gasteiger partial charge in [0.2, 0.25) is 0 Å². The summed E-state index contributed by atoms with van der Waals surface area (Å²) in [5, 5.41) is 0. The molecular formula is C19H27BN4O. The van der Waals surface area contributed by atoms with E-state index in [-0.39, 0.29) is 0 Å². The third-order valence-electron chi connectivity index (χ3n) is 3.92. The zero-order chi connectivity index (χ0) is 17.6. The summed E-state index contributed by atoms with van der Waals surface area (Å²) in [4.78, 5) is 15.5. The van der Waals surface area contributed by atoms with Crippen LogP contribution in [0.5, 0.6) is 0 Å². The Morgan fingerprint density at radius 1 is 0.920 bits per heavy atom. The maximum Gasteiger partial charge on any atom is 0.323 e. The molecule has 2 rings (SSSR count). The first-order valence-corrected chi connectivity index (χ1v) is 8.92. The van der Waals surface area contributed by atoms with Crippen LogP contribution in [0.15, 0.2) is 53.8 Å². The molecule has 0 aromatic carbocycles. The Balaban J connectivity index is 1.77. The van der Waals surface area contributed by atoms with E-state index in [0.29, 0.717) is 0 Å². The molecule has 6 heteroatoms. The molecule has 0 unspecified atom stereocenters. The van der Waals surface area contributed by atoms with E-state index in [1.165, 1.54) is 25.7 Å². The van der Waals surface area contributed by atoms with Gasteiger partial charge in [-0.3, -0.25) is 19.9 Å². The molecule has 2 heterocycles. The summed E-state index contributed by atoms with van der Waals surface area (Å²) in [6, 6.07) is 12.2. The number of hydrogen-bond donors (Lipinski definition) is 0. The molecule has 0 saturated carbocycles.